The number of oxazole rings is 1. The van der Waals surface area contributed by atoms with Crippen molar-refractivity contribution in [1.82, 2.24) is 23.3 Å². The fraction of sp³-hybridized carbons (Fsp3) is 0.400. The minimum absolute atomic E-state index is 0.0287. The number of imidazole rings is 1. The highest BCUT2D eigenvalue weighted by atomic mass is 16.4. The Kier molecular flexibility index (Phi) is 6.08. The van der Waals surface area contributed by atoms with Gasteiger partial charge in [-0.05, 0) is 31.9 Å². The van der Waals surface area contributed by atoms with Crippen molar-refractivity contribution in [3.63, 3.8) is 0 Å². The summed E-state index contributed by atoms with van der Waals surface area (Å²) >= 11 is 0. The van der Waals surface area contributed by atoms with Crippen LogP contribution in [0.5, 0.6) is 0 Å². The number of para-hydroxylation sites is 1. The van der Waals surface area contributed by atoms with Crippen LogP contribution in [-0.4, -0.2) is 48.2 Å². The molecule has 1 unspecified atom stereocenters. The number of carbonyl (C=O) groups excluding carboxylic acids is 1. The maximum Gasteiger partial charge on any atom is 0.419 e. The third-order valence-corrected chi connectivity index (χ3v) is 6.77. The van der Waals surface area contributed by atoms with Crippen LogP contribution < -0.4 is 27.6 Å². The van der Waals surface area contributed by atoms with Crippen LogP contribution >= 0.6 is 0 Å². The zero-order valence-electron chi connectivity index (χ0n) is 20.9. The van der Waals surface area contributed by atoms with E-state index >= 15 is 0 Å². The number of rotatable bonds is 5. The van der Waals surface area contributed by atoms with Gasteiger partial charge in [0.2, 0.25) is 5.95 Å². The lowest BCUT2D eigenvalue weighted by Crippen LogP contribution is -2.44. The standard InChI is InChI=1S/C25H27N7O5/c1-4-5-12-31-20-21(27-23(31)30-11-7-8-15(26)13-30)29(3)24(35)32(22(20)34)14-17(33)16-9-6-10-18-19(16)28(2)25(36)37-18/h6,9-10,15H,7-8,11-14,26H2,1-3H3. The van der Waals surface area contributed by atoms with E-state index in [2.05, 4.69) is 16.8 Å². The first-order valence-electron chi connectivity index (χ1n) is 11.9. The van der Waals surface area contributed by atoms with E-state index in [0.29, 0.717) is 24.6 Å². The summed E-state index contributed by atoms with van der Waals surface area (Å²) in [6, 6.07) is 4.66. The zero-order chi connectivity index (χ0) is 26.4. The number of hydrogen-bond acceptors (Lipinski definition) is 8. The number of carbonyl (C=O) groups is 1. The molecule has 0 spiro atoms. The molecular weight excluding hydrogens is 478 g/mol. The topological polar surface area (TPSA) is 143 Å². The van der Waals surface area contributed by atoms with Crippen molar-refractivity contribution in [2.45, 2.75) is 38.9 Å². The van der Waals surface area contributed by atoms with Gasteiger partial charge in [-0.2, -0.15) is 4.98 Å². The molecule has 37 heavy (non-hydrogen) atoms. The van der Waals surface area contributed by atoms with Crippen LogP contribution in [-0.2, 0) is 27.2 Å². The third-order valence-electron chi connectivity index (χ3n) is 6.77. The van der Waals surface area contributed by atoms with Crippen LogP contribution in [0.3, 0.4) is 0 Å². The number of hydrogen-bond donors (Lipinski definition) is 1. The van der Waals surface area contributed by atoms with Crippen LogP contribution in [0.25, 0.3) is 22.3 Å². The van der Waals surface area contributed by atoms with Crippen molar-refractivity contribution in [3.8, 4) is 11.8 Å². The summed E-state index contributed by atoms with van der Waals surface area (Å²) in [6.45, 7) is 2.65. The van der Waals surface area contributed by atoms with Gasteiger partial charge in [-0.15, -0.1) is 5.92 Å². The summed E-state index contributed by atoms with van der Waals surface area (Å²) in [5.41, 5.74) is 5.98. The summed E-state index contributed by atoms with van der Waals surface area (Å²) in [6.07, 6.45) is 1.78. The molecule has 4 heterocycles. The van der Waals surface area contributed by atoms with E-state index in [-0.39, 0.29) is 34.9 Å². The van der Waals surface area contributed by atoms with Crippen LogP contribution in [0.15, 0.2) is 37.0 Å². The van der Waals surface area contributed by atoms with Crippen LogP contribution in [0.4, 0.5) is 5.95 Å². The highest BCUT2D eigenvalue weighted by molar-refractivity contribution is 6.05. The van der Waals surface area contributed by atoms with E-state index in [1.54, 1.807) is 23.6 Å². The molecule has 192 valence electrons. The number of ketones is 1. The van der Waals surface area contributed by atoms with E-state index in [1.165, 1.54) is 29.3 Å². The lowest BCUT2D eigenvalue weighted by Gasteiger charge is -2.31. The van der Waals surface area contributed by atoms with Crippen molar-refractivity contribution in [2.75, 3.05) is 18.0 Å². The van der Waals surface area contributed by atoms with Gasteiger partial charge in [0.25, 0.3) is 5.56 Å². The molecule has 1 fully saturated rings. The molecule has 1 saturated heterocycles. The number of aromatic nitrogens is 5. The molecule has 3 aromatic heterocycles. The largest absolute Gasteiger partial charge is 0.419 e. The molecule has 2 N–H and O–H groups in total. The molecule has 0 aliphatic carbocycles. The molecule has 0 saturated carbocycles. The summed E-state index contributed by atoms with van der Waals surface area (Å²) in [5.74, 6) is 5.21. The Labute approximate surface area is 210 Å². The summed E-state index contributed by atoms with van der Waals surface area (Å²) in [4.78, 5) is 59.0. The van der Waals surface area contributed by atoms with Gasteiger partial charge in [0.15, 0.2) is 22.5 Å². The fourth-order valence-corrected chi connectivity index (χ4v) is 4.90. The first-order chi connectivity index (χ1) is 17.7. The second kappa shape index (κ2) is 9.25. The van der Waals surface area contributed by atoms with Crippen molar-refractivity contribution < 1.29 is 9.21 Å². The van der Waals surface area contributed by atoms with Gasteiger partial charge >= 0.3 is 11.4 Å². The van der Waals surface area contributed by atoms with Crippen molar-refractivity contribution >= 4 is 34.0 Å². The van der Waals surface area contributed by atoms with Crippen LogP contribution in [0.1, 0.15) is 30.1 Å². The SMILES string of the molecule is CC#CCn1c(N2CCCC(N)C2)nc2c1c(=O)n(CC(=O)c1cccc3oc(=O)n(C)c13)c(=O)n2C. The number of piperidine rings is 1. The molecule has 4 aromatic rings. The van der Waals surface area contributed by atoms with Gasteiger partial charge < -0.3 is 15.1 Å². The van der Waals surface area contributed by atoms with E-state index < -0.39 is 29.3 Å². The molecule has 0 radical (unpaired) electrons. The quantitative estimate of drug-likeness (QED) is 0.299. The Hall–Kier alpha value is -4.37. The van der Waals surface area contributed by atoms with Crippen molar-refractivity contribution in [3.05, 3.63) is 55.2 Å². The number of fused-ring (bicyclic) bond motifs is 2. The minimum Gasteiger partial charge on any atom is -0.408 e. The molecule has 12 heteroatoms. The maximum atomic E-state index is 13.7. The molecule has 1 aromatic carbocycles. The normalized spacial score (nSPS) is 15.8. The monoisotopic (exact) mass is 505 g/mol. The molecule has 0 amide bonds. The molecule has 12 nitrogen and oxygen atoms in total. The lowest BCUT2D eigenvalue weighted by atomic mass is 10.1. The van der Waals surface area contributed by atoms with E-state index in [4.69, 9.17) is 10.2 Å². The van der Waals surface area contributed by atoms with Crippen molar-refractivity contribution in [1.29, 1.82) is 0 Å². The number of benzene rings is 1. The van der Waals surface area contributed by atoms with Gasteiger partial charge in [-0.25, -0.2) is 9.59 Å². The van der Waals surface area contributed by atoms with E-state index in [0.717, 1.165) is 17.4 Å². The number of aryl methyl sites for hydroxylation is 2. The van der Waals surface area contributed by atoms with Gasteiger partial charge in [0.05, 0.1) is 13.1 Å². The molecular formula is C25H27N7O5. The van der Waals surface area contributed by atoms with Gasteiger partial charge in [0.1, 0.15) is 5.52 Å². The molecule has 1 aliphatic heterocycles. The first-order valence-corrected chi connectivity index (χ1v) is 11.9. The Morgan fingerprint density at radius 2 is 1.95 bits per heavy atom. The van der Waals surface area contributed by atoms with E-state index in [9.17, 15) is 19.2 Å². The predicted molar refractivity (Wildman–Crippen MR) is 138 cm³/mol. The maximum absolute atomic E-state index is 13.7. The second-order valence-electron chi connectivity index (χ2n) is 9.18. The summed E-state index contributed by atoms with van der Waals surface area (Å²) in [7, 11) is 3.00. The zero-order valence-corrected chi connectivity index (χ0v) is 20.9. The Morgan fingerprint density at radius 1 is 1.16 bits per heavy atom. The summed E-state index contributed by atoms with van der Waals surface area (Å²) in [5, 5.41) is 0. The van der Waals surface area contributed by atoms with Gasteiger partial charge in [0, 0.05) is 38.8 Å². The predicted octanol–water partition coefficient (Wildman–Crippen LogP) is 0.175. The highest BCUT2D eigenvalue weighted by Gasteiger charge is 2.27. The first kappa shape index (κ1) is 24.3. The van der Waals surface area contributed by atoms with Gasteiger partial charge in [-0.3, -0.25) is 27.9 Å². The molecule has 1 atom stereocenters. The Balaban J connectivity index is 1.67. The Morgan fingerprint density at radius 3 is 2.68 bits per heavy atom. The summed E-state index contributed by atoms with van der Waals surface area (Å²) < 4.78 is 10.2. The van der Waals surface area contributed by atoms with Crippen LogP contribution in [0, 0.1) is 11.8 Å². The van der Waals surface area contributed by atoms with Crippen molar-refractivity contribution in [2.24, 2.45) is 19.8 Å². The number of nitrogens with zero attached hydrogens (tertiary/aromatic N) is 6. The average molecular weight is 506 g/mol. The second-order valence-corrected chi connectivity index (χ2v) is 9.18. The molecule has 5 rings (SSSR count). The average Bonchev–Trinajstić information content (AvgIpc) is 3.41. The highest BCUT2D eigenvalue weighted by Crippen LogP contribution is 2.23. The fourth-order valence-electron chi connectivity index (χ4n) is 4.90. The number of Topliss-reactive ketones (excluding diaryl/α,β-unsaturated/α-hetero) is 1. The molecule has 1 aliphatic rings. The third kappa shape index (κ3) is 3.97. The van der Waals surface area contributed by atoms with Gasteiger partial charge in [-0.1, -0.05) is 12.0 Å². The smallest absolute Gasteiger partial charge is 0.408 e. The number of anilines is 1. The minimum atomic E-state index is -0.674. The Bertz CT molecular complexity index is 1790. The lowest BCUT2D eigenvalue weighted by molar-refractivity contribution is 0.0970. The molecule has 0 bridgehead atoms. The van der Waals surface area contributed by atoms with Crippen LogP contribution in [0.2, 0.25) is 0 Å². The number of nitrogens with two attached hydrogens (primary N) is 1. The van der Waals surface area contributed by atoms with E-state index in [1.807, 2.05) is 4.90 Å².